The fourth-order valence-corrected chi connectivity index (χ4v) is 5.56. The fourth-order valence-electron chi connectivity index (χ4n) is 5.56. The van der Waals surface area contributed by atoms with E-state index < -0.39 is 11.5 Å². The highest BCUT2D eigenvalue weighted by Gasteiger charge is 2.14. The number of nitro groups is 1. The number of hydrogen-bond donors (Lipinski definition) is 1. The van der Waals surface area contributed by atoms with Gasteiger partial charge in [-0.2, -0.15) is 0 Å². The van der Waals surface area contributed by atoms with Crippen LogP contribution >= 0.6 is 0 Å². The molecule has 0 atom stereocenters. The number of hydrogen-bond acceptors (Lipinski definition) is 6. The molecule has 0 aliphatic heterocycles. The van der Waals surface area contributed by atoms with Gasteiger partial charge in [-0.15, -0.1) is 0 Å². The molecule has 0 fully saturated rings. The van der Waals surface area contributed by atoms with Gasteiger partial charge in [-0.25, -0.2) is 0 Å². The molecule has 2 rings (SSSR count). The Balaban J connectivity index is 1.83. The van der Waals surface area contributed by atoms with E-state index in [1.54, 1.807) is 6.07 Å². The Kier molecular flexibility index (Phi) is 21.7. The second kappa shape index (κ2) is 25.4. The Morgan fingerprint density at radius 2 is 1.02 bits per heavy atom. The van der Waals surface area contributed by atoms with Crippen LogP contribution in [0.5, 0.6) is 17.2 Å². The van der Waals surface area contributed by atoms with Gasteiger partial charge in [0.2, 0.25) is 0 Å². The molecule has 0 bridgehead atoms. The van der Waals surface area contributed by atoms with Crippen LogP contribution in [0.3, 0.4) is 0 Å². The van der Waals surface area contributed by atoms with Gasteiger partial charge in [0, 0.05) is 12.1 Å². The average Bonchev–Trinajstić information content (AvgIpc) is 3.05. The van der Waals surface area contributed by atoms with Crippen molar-refractivity contribution in [3.63, 3.8) is 0 Å². The van der Waals surface area contributed by atoms with Crippen molar-refractivity contribution >= 4 is 5.69 Å². The van der Waals surface area contributed by atoms with Crippen molar-refractivity contribution in [2.24, 2.45) is 0 Å². The summed E-state index contributed by atoms with van der Waals surface area (Å²) in [6, 6.07) is 10.4. The minimum absolute atomic E-state index is 0.116. The first kappa shape index (κ1) is 38.4. The molecular weight excluding hydrogens is 566 g/mol. The summed E-state index contributed by atoms with van der Waals surface area (Å²) in [7, 11) is 0. The molecule has 254 valence electrons. The Bertz CT molecular complexity index is 999. The van der Waals surface area contributed by atoms with Crippen LogP contribution in [0.25, 0.3) is 0 Å². The molecule has 7 nitrogen and oxygen atoms in total. The number of unbranched alkanes of at least 4 members (excludes halogenated alkanes) is 18. The molecule has 0 saturated carbocycles. The van der Waals surface area contributed by atoms with Crippen molar-refractivity contribution in [3.8, 4) is 17.2 Å². The third-order valence-electron chi connectivity index (χ3n) is 8.30. The molecule has 7 heteroatoms. The van der Waals surface area contributed by atoms with Crippen LogP contribution < -0.4 is 14.2 Å². The average molecular weight is 628 g/mol. The van der Waals surface area contributed by atoms with E-state index in [1.807, 2.05) is 18.2 Å². The summed E-state index contributed by atoms with van der Waals surface area (Å²) in [6.45, 7) is 5.69. The molecular formula is C38H61NO6. The minimum Gasteiger partial charge on any atom is -0.493 e. The molecule has 0 unspecified atom stereocenters. The van der Waals surface area contributed by atoms with Gasteiger partial charge < -0.3 is 19.3 Å². The van der Waals surface area contributed by atoms with Gasteiger partial charge in [0.25, 0.3) is 5.69 Å². The zero-order valence-electron chi connectivity index (χ0n) is 28.4. The van der Waals surface area contributed by atoms with Gasteiger partial charge in [0.05, 0.1) is 30.3 Å². The second-order valence-corrected chi connectivity index (χ2v) is 12.4. The first-order valence-corrected chi connectivity index (χ1v) is 18.0. The number of aliphatic hydroxyl groups excluding tert-OH is 1. The summed E-state index contributed by atoms with van der Waals surface area (Å²) in [5, 5.41) is 20.8. The van der Waals surface area contributed by atoms with E-state index in [2.05, 4.69) is 13.8 Å². The Hall–Kier alpha value is -2.80. The van der Waals surface area contributed by atoms with E-state index >= 15 is 0 Å². The van der Waals surface area contributed by atoms with E-state index in [9.17, 15) is 15.2 Å². The van der Waals surface area contributed by atoms with Gasteiger partial charge >= 0.3 is 0 Å². The van der Waals surface area contributed by atoms with Gasteiger partial charge in [-0.1, -0.05) is 129 Å². The van der Waals surface area contributed by atoms with Gasteiger partial charge in [-0.3, -0.25) is 10.1 Å². The maximum atomic E-state index is 11.2. The number of benzene rings is 2. The summed E-state index contributed by atoms with van der Waals surface area (Å²) in [5.74, 6) is 2.00. The molecule has 2 aromatic rings. The van der Waals surface area contributed by atoms with Gasteiger partial charge in [0.15, 0.2) is 0 Å². The molecule has 0 saturated heterocycles. The highest BCUT2D eigenvalue weighted by atomic mass is 16.6. The minimum atomic E-state index is -0.497. The standard InChI is InChI=1S/C38H61NO6/c1-3-5-7-9-11-13-15-17-19-21-25-43-36-27-33(32-45-35-23-24-38(39(41)42)34(29-35)31-40)28-37(30-36)44-26-22-20-18-16-14-12-10-8-6-4-2/h23-24,27-30,40H,3-22,25-26,31-32H2,1-2H3. The fraction of sp³-hybridized carbons (Fsp3) is 0.684. The molecule has 45 heavy (non-hydrogen) atoms. The number of nitrogens with zero attached hydrogens (tertiary/aromatic N) is 1. The zero-order valence-corrected chi connectivity index (χ0v) is 28.4. The van der Waals surface area contributed by atoms with E-state index in [0.717, 1.165) is 29.9 Å². The van der Waals surface area contributed by atoms with Crippen molar-refractivity contribution in [1.29, 1.82) is 0 Å². The lowest BCUT2D eigenvalue weighted by Gasteiger charge is -2.14. The summed E-state index contributed by atoms with van der Waals surface area (Å²) in [5.41, 5.74) is 1.01. The first-order chi connectivity index (χ1) is 22.1. The molecule has 0 aliphatic carbocycles. The lowest BCUT2D eigenvalue weighted by atomic mass is 10.1. The molecule has 2 aromatic carbocycles. The Morgan fingerprint density at radius 1 is 0.578 bits per heavy atom. The van der Waals surface area contributed by atoms with Gasteiger partial charge in [-0.05, 0) is 42.7 Å². The third-order valence-corrected chi connectivity index (χ3v) is 8.30. The smallest absolute Gasteiger partial charge is 0.275 e. The van der Waals surface area contributed by atoms with Crippen molar-refractivity contribution in [1.82, 2.24) is 0 Å². The monoisotopic (exact) mass is 627 g/mol. The largest absolute Gasteiger partial charge is 0.493 e. The quantitative estimate of drug-likeness (QED) is 0.0548. The number of ether oxygens (including phenoxy) is 3. The molecule has 0 radical (unpaired) electrons. The molecule has 0 aliphatic rings. The van der Waals surface area contributed by atoms with Crippen LogP contribution in [-0.2, 0) is 13.2 Å². The van der Waals surface area contributed by atoms with Crippen molar-refractivity contribution in [2.75, 3.05) is 13.2 Å². The topological polar surface area (TPSA) is 91.1 Å². The van der Waals surface area contributed by atoms with Crippen molar-refractivity contribution < 1.29 is 24.2 Å². The molecule has 0 aromatic heterocycles. The Morgan fingerprint density at radius 3 is 1.44 bits per heavy atom. The zero-order chi connectivity index (χ0) is 32.4. The number of rotatable bonds is 29. The molecule has 1 N–H and O–H groups in total. The molecule has 0 heterocycles. The maximum Gasteiger partial charge on any atom is 0.275 e. The number of aliphatic hydroxyl groups is 1. The van der Waals surface area contributed by atoms with Crippen LogP contribution in [0.15, 0.2) is 36.4 Å². The van der Waals surface area contributed by atoms with Crippen LogP contribution in [0.4, 0.5) is 5.69 Å². The van der Waals surface area contributed by atoms with E-state index in [0.29, 0.717) is 19.0 Å². The predicted octanol–water partition coefficient (Wildman–Crippen LogP) is 11.3. The summed E-state index contributed by atoms with van der Waals surface area (Å²) in [6.07, 6.45) is 25.7. The first-order valence-electron chi connectivity index (χ1n) is 18.0. The van der Waals surface area contributed by atoms with E-state index in [4.69, 9.17) is 14.2 Å². The maximum absolute atomic E-state index is 11.2. The summed E-state index contributed by atoms with van der Waals surface area (Å²) >= 11 is 0. The normalized spacial score (nSPS) is 11.1. The van der Waals surface area contributed by atoms with Crippen LogP contribution in [0.2, 0.25) is 0 Å². The second-order valence-electron chi connectivity index (χ2n) is 12.4. The lowest BCUT2D eigenvalue weighted by molar-refractivity contribution is -0.385. The van der Waals surface area contributed by atoms with Crippen LogP contribution in [0, 0.1) is 10.1 Å². The van der Waals surface area contributed by atoms with Gasteiger partial charge in [0.1, 0.15) is 23.9 Å². The van der Waals surface area contributed by atoms with E-state index in [-0.39, 0.29) is 17.9 Å². The predicted molar refractivity (Wildman–Crippen MR) is 184 cm³/mol. The van der Waals surface area contributed by atoms with E-state index in [1.165, 1.54) is 128 Å². The highest BCUT2D eigenvalue weighted by molar-refractivity contribution is 5.45. The lowest BCUT2D eigenvalue weighted by Crippen LogP contribution is -2.03. The number of nitro benzene ring substituents is 1. The molecule has 0 amide bonds. The summed E-state index contributed by atoms with van der Waals surface area (Å²) in [4.78, 5) is 10.7. The highest BCUT2D eigenvalue weighted by Crippen LogP contribution is 2.28. The summed E-state index contributed by atoms with van der Waals surface area (Å²) < 4.78 is 18.3. The molecule has 0 spiro atoms. The van der Waals surface area contributed by atoms with Crippen molar-refractivity contribution in [2.45, 2.75) is 155 Å². The SMILES string of the molecule is CCCCCCCCCCCCOc1cc(COc2ccc([N+](=O)[O-])c(CO)c2)cc(OCCCCCCCCCCCC)c1. The Labute approximate surface area is 273 Å². The third kappa shape index (κ3) is 18.1. The van der Waals surface area contributed by atoms with Crippen LogP contribution in [-0.4, -0.2) is 23.2 Å². The van der Waals surface area contributed by atoms with Crippen molar-refractivity contribution in [3.05, 3.63) is 57.6 Å². The van der Waals surface area contributed by atoms with Crippen LogP contribution in [0.1, 0.15) is 153 Å².